The van der Waals surface area contributed by atoms with Crippen LogP contribution in [0, 0.1) is 12.8 Å². The molecule has 3 nitrogen and oxygen atoms in total. The van der Waals surface area contributed by atoms with Crippen molar-refractivity contribution in [1.82, 2.24) is 15.1 Å². The third kappa shape index (κ3) is 2.84. The molecule has 1 aromatic rings. The van der Waals surface area contributed by atoms with Crippen LogP contribution in [0.2, 0.25) is 0 Å². The van der Waals surface area contributed by atoms with Crippen molar-refractivity contribution in [3.63, 3.8) is 0 Å². The molecule has 0 atom stereocenters. The van der Waals surface area contributed by atoms with Crippen LogP contribution in [0.15, 0.2) is 6.20 Å². The van der Waals surface area contributed by atoms with Gasteiger partial charge in [0.05, 0.1) is 6.20 Å². The number of likely N-dealkylation sites (N-methyl/N-ethyl adjacent to an activating group) is 1. The quantitative estimate of drug-likeness (QED) is 0.773. The molecule has 0 unspecified atom stereocenters. The molecule has 0 aliphatic heterocycles. The second-order valence-corrected chi connectivity index (χ2v) is 4.18. The summed E-state index contributed by atoms with van der Waals surface area (Å²) in [6, 6.07) is 0. The van der Waals surface area contributed by atoms with E-state index >= 15 is 0 Å². The van der Waals surface area contributed by atoms with Crippen LogP contribution in [-0.2, 0) is 13.0 Å². The number of hydrogen-bond donors (Lipinski definition) is 1. The van der Waals surface area contributed by atoms with Crippen molar-refractivity contribution in [3.8, 4) is 0 Å². The zero-order valence-corrected chi connectivity index (χ0v) is 9.67. The maximum atomic E-state index is 4.40. The molecular formula is C11H21N3. The highest BCUT2D eigenvalue weighted by atomic mass is 15.3. The Balaban J connectivity index is 2.65. The molecule has 14 heavy (non-hydrogen) atoms. The standard InChI is InChI=1S/C11H21N3/c1-9(2)8-14-10(3)11(7-13-14)5-6-12-4/h7,9,12H,5-6,8H2,1-4H3. The van der Waals surface area contributed by atoms with Crippen molar-refractivity contribution < 1.29 is 0 Å². The molecule has 0 saturated heterocycles. The van der Waals surface area contributed by atoms with Crippen LogP contribution in [0.25, 0.3) is 0 Å². The zero-order valence-electron chi connectivity index (χ0n) is 9.67. The summed E-state index contributed by atoms with van der Waals surface area (Å²) in [5.41, 5.74) is 2.67. The van der Waals surface area contributed by atoms with Crippen molar-refractivity contribution in [2.24, 2.45) is 5.92 Å². The topological polar surface area (TPSA) is 29.9 Å². The van der Waals surface area contributed by atoms with Gasteiger partial charge in [0, 0.05) is 12.2 Å². The van der Waals surface area contributed by atoms with Gasteiger partial charge in [-0.25, -0.2) is 0 Å². The molecule has 1 heterocycles. The zero-order chi connectivity index (χ0) is 10.6. The highest BCUT2D eigenvalue weighted by Crippen LogP contribution is 2.09. The molecule has 80 valence electrons. The van der Waals surface area contributed by atoms with E-state index in [1.807, 2.05) is 13.2 Å². The maximum absolute atomic E-state index is 4.40. The van der Waals surface area contributed by atoms with Crippen LogP contribution in [-0.4, -0.2) is 23.4 Å². The summed E-state index contributed by atoms with van der Waals surface area (Å²) in [4.78, 5) is 0. The molecule has 1 rings (SSSR count). The molecule has 0 aromatic carbocycles. The van der Waals surface area contributed by atoms with Crippen molar-refractivity contribution in [2.45, 2.75) is 33.7 Å². The summed E-state index contributed by atoms with van der Waals surface area (Å²) in [6.45, 7) is 8.63. The molecule has 0 aliphatic rings. The Hall–Kier alpha value is -0.830. The Labute approximate surface area is 86.5 Å². The molecule has 0 amide bonds. The number of nitrogens with one attached hydrogen (secondary N) is 1. The fourth-order valence-electron chi connectivity index (χ4n) is 1.52. The van der Waals surface area contributed by atoms with E-state index < -0.39 is 0 Å². The van der Waals surface area contributed by atoms with E-state index in [4.69, 9.17) is 0 Å². The Morgan fingerprint density at radius 2 is 2.21 bits per heavy atom. The van der Waals surface area contributed by atoms with Gasteiger partial charge in [-0.3, -0.25) is 4.68 Å². The van der Waals surface area contributed by atoms with Gasteiger partial charge in [-0.2, -0.15) is 5.10 Å². The Morgan fingerprint density at radius 1 is 1.50 bits per heavy atom. The van der Waals surface area contributed by atoms with E-state index in [9.17, 15) is 0 Å². The smallest absolute Gasteiger partial charge is 0.0525 e. The SMILES string of the molecule is CNCCc1cnn(CC(C)C)c1C. The van der Waals surface area contributed by atoms with Crippen LogP contribution >= 0.6 is 0 Å². The van der Waals surface area contributed by atoms with Gasteiger partial charge in [0.2, 0.25) is 0 Å². The summed E-state index contributed by atoms with van der Waals surface area (Å²) in [5, 5.41) is 7.55. The minimum absolute atomic E-state index is 0.658. The highest BCUT2D eigenvalue weighted by molar-refractivity contribution is 5.16. The third-order valence-electron chi connectivity index (χ3n) is 2.39. The van der Waals surface area contributed by atoms with Crippen molar-refractivity contribution in [2.75, 3.05) is 13.6 Å². The Morgan fingerprint density at radius 3 is 2.79 bits per heavy atom. The van der Waals surface area contributed by atoms with Crippen LogP contribution in [0.4, 0.5) is 0 Å². The van der Waals surface area contributed by atoms with E-state index in [1.54, 1.807) is 0 Å². The highest BCUT2D eigenvalue weighted by Gasteiger charge is 2.06. The monoisotopic (exact) mass is 195 g/mol. The van der Waals surface area contributed by atoms with Gasteiger partial charge in [0.1, 0.15) is 0 Å². The Kier molecular flexibility index (Phi) is 4.14. The van der Waals surface area contributed by atoms with Crippen molar-refractivity contribution >= 4 is 0 Å². The average Bonchev–Trinajstić information content (AvgIpc) is 2.45. The molecule has 3 heteroatoms. The molecule has 0 aliphatic carbocycles. The van der Waals surface area contributed by atoms with Crippen molar-refractivity contribution in [1.29, 1.82) is 0 Å². The largest absolute Gasteiger partial charge is 0.319 e. The molecule has 0 fully saturated rings. The fourth-order valence-corrected chi connectivity index (χ4v) is 1.52. The number of nitrogens with zero attached hydrogens (tertiary/aromatic N) is 2. The summed E-state index contributed by atoms with van der Waals surface area (Å²) in [7, 11) is 1.98. The van der Waals surface area contributed by atoms with Crippen molar-refractivity contribution in [3.05, 3.63) is 17.5 Å². The Bertz CT molecular complexity index is 276. The van der Waals surface area contributed by atoms with Crippen LogP contribution in [0.3, 0.4) is 0 Å². The average molecular weight is 195 g/mol. The van der Waals surface area contributed by atoms with E-state index in [0.29, 0.717) is 5.92 Å². The lowest BCUT2D eigenvalue weighted by molar-refractivity contribution is 0.474. The predicted molar refractivity (Wildman–Crippen MR) is 59.4 cm³/mol. The molecule has 1 N–H and O–H groups in total. The van der Waals surface area contributed by atoms with Gasteiger partial charge in [0.25, 0.3) is 0 Å². The van der Waals surface area contributed by atoms with Crippen LogP contribution < -0.4 is 5.32 Å². The first-order valence-electron chi connectivity index (χ1n) is 5.31. The van der Waals surface area contributed by atoms with E-state index in [2.05, 4.69) is 35.9 Å². The lowest BCUT2D eigenvalue weighted by Gasteiger charge is -2.07. The second-order valence-electron chi connectivity index (χ2n) is 4.18. The minimum Gasteiger partial charge on any atom is -0.319 e. The normalized spacial score (nSPS) is 11.2. The number of aromatic nitrogens is 2. The molecule has 0 radical (unpaired) electrons. The molecular weight excluding hydrogens is 174 g/mol. The van der Waals surface area contributed by atoms with E-state index in [0.717, 1.165) is 19.5 Å². The fraction of sp³-hybridized carbons (Fsp3) is 0.727. The summed E-state index contributed by atoms with van der Waals surface area (Å²) in [5.74, 6) is 0.658. The summed E-state index contributed by atoms with van der Waals surface area (Å²) < 4.78 is 2.11. The van der Waals surface area contributed by atoms with Gasteiger partial charge in [-0.05, 0) is 38.4 Å². The van der Waals surface area contributed by atoms with Crippen LogP contribution in [0.5, 0.6) is 0 Å². The van der Waals surface area contributed by atoms with Gasteiger partial charge in [-0.1, -0.05) is 13.8 Å². The lowest BCUT2D eigenvalue weighted by atomic mass is 10.2. The molecule has 0 bridgehead atoms. The predicted octanol–water partition coefficient (Wildman–Crippen LogP) is 1.61. The van der Waals surface area contributed by atoms with Gasteiger partial charge >= 0.3 is 0 Å². The molecule has 0 saturated carbocycles. The van der Waals surface area contributed by atoms with E-state index in [-0.39, 0.29) is 0 Å². The molecule has 1 aromatic heterocycles. The molecule has 0 spiro atoms. The first-order valence-corrected chi connectivity index (χ1v) is 5.31. The second kappa shape index (κ2) is 5.15. The van der Waals surface area contributed by atoms with Gasteiger partial charge in [0.15, 0.2) is 0 Å². The van der Waals surface area contributed by atoms with Gasteiger partial charge in [-0.15, -0.1) is 0 Å². The van der Waals surface area contributed by atoms with Gasteiger partial charge < -0.3 is 5.32 Å². The lowest BCUT2D eigenvalue weighted by Crippen LogP contribution is -2.11. The first kappa shape index (κ1) is 11.2. The number of hydrogen-bond acceptors (Lipinski definition) is 2. The minimum atomic E-state index is 0.658. The summed E-state index contributed by atoms with van der Waals surface area (Å²) in [6.07, 6.45) is 3.06. The van der Waals surface area contributed by atoms with E-state index in [1.165, 1.54) is 11.3 Å². The maximum Gasteiger partial charge on any atom is 0.0525 e. The number of rotatable bonds is 5. The van der Waals surface area contributed by atoms with Crippen LogP contribution in [0.1, 0.15) is 25.1 Å². The first-order chi connectivity index (χ1) is 6.65. The summed E-state index contributed by atoms with van der Waals surface area (Å²) >= 11 is 0. The third-order valence-corrected chi connectivity index (χ3v) is 2.39.